The maximum Gasteiger partial charge on any atom is 0.379 e. The molecule has 0 aliphatic heterocycles. The smallest absolute Gasteiger partial charge is 0.379 e. The Morgan fingerprint density at radius 1 is 1.00 bits per heavy atom. The molecule has 6 heteroatoms. The van der Waals surface area contributed by atoms with Gasteiger partial charge in [0, 0.05) is 0 Å². The fourth-order valence-electron chi connectivity index (χ4n) is 1.77. The first-order chi connectivity index (χ1) is 12.8. The maximum atomic E-state index is 11.7. The molecule has 1 aromatic rings. The molecule has 0 aromatic heterocycles. The van der Waals surface area contributed by atoms with E-state index in [2.05, 4.69) is 0 Å². The zero-order valence-electron chi connectivity index (χ0n) is 16.2. The van der Waals surface area contributed by atoms with Crippen LogP contribution in [-0.2, 0) is 23.9 Å². The third kappa shape index (κ3) is 7.90. The lowest BCUT2D eigenvalue weighted by Gasteiger charge is -2.20. The number of hydrogen-bond acceptors (Lipinski definition) is 6. The van der Waals surface area contributed by atoms with Crippen molar-refractivity contribution in [2.24, 2.45) is 5.41 Å². The molecule has 0 radical (unpaired) electrons. The Labute approximate surface area is 159 Å². The number of methoxy groups -OCH3 is 1. The van der Waals surface area contributed by atoms with Crippen LogP contribution in [0.5, 0.6) is 5.75 Å². The van der Waals surface area contributed by atoms with Crippen molar-refractivity contribution in [2.75, 3.05) is 20.3 Å². The number of esters is 2. The summed E-state index contributed by atoms with van der Waals surface area (Å²) in [5.74, 6) is -1.38. The van der Waals surface area contributed by atoms with E-state index in [9.17, 15) is 14.4 Å². The van der Waals surface area contributed by atoms with Crippen molar-refractivity contribution < 1.29 is 28.6 Å². The summed E-state index contributed by atoms with van der Waals surface area (Å²) in [6.07, 6.45) is 6.64. The standard InChI is InChI=1S/C21H26O6/c1-5-21(2,3)20(24)27-15-14-26-19(23)18(22)9-7-6-8-16-10-12-17(25-4)13-11-16/h6-13H,5,14-15H2,1-4H3/b8-6+,9-7+. The molecule has 0 atom stereocenters. The van der Waals surface area contributed by atoms with Gasteiger partial charge >= 0.3 is 11.9 Å². The molecule has 27 heavy (non-hydrogen) atoms. The average Bonchev–Trinajstić information content (AvgIpc) is 2.68. The lowest BCUT2D eigenvalue weighted by molar-refractivity contribution is -0.160. The Hall–Kier alpha value is -2.89. The first-order valence-corrected chi connectivity index (χ1v) is 8.67. The van der Waals surface area contributed by atoms with E-state index in [1.165, 1.54) is 6.08 Å². The van der Waals surface area contributed by atoms with E-state index in [0.717, 1.165) is 17.4 Å². The molecule has 0 saturated carbocycles. The third-order valence-corrected chi connectivity index (χ3v) is 3.95. The topological polar surface area (TPSA) is 78.9 Å². The van der Waals surface area contributed by atoms with Crippen LogP contribution in [0.15, 0.2) is 42.5 Å². The summed E-state index contributed by atoms with van der Waals surface area (Å²) in [4.78, 5) is 35.0. The molecule has 0 amide bonds. The Bertz CT molecular complexity index is 698. The number of ether oxygens (including phenoxy) is 3. The van der Waals surface area contributed by atoms with Gasteiger partial charge in [0.05, 0.1) is 12.5 Å². The molecule has 0 aliphatic carbocycles. The molecule has 0 heterocycles. The van der Waals surface area contributed by atoms with Gasteiger partial charge in [-0.2, -0.15) is 0 Å². The summed E-state index contributed by atoms with van der Waals surface area (Å²) in [7, 11) is 1.59. The van der Waals surface area contributed by atoms with Crippen molar-refractivity contribution in [3.05, 3.63) is 48.1 Å². The van der Waals surface area contributed by atoms with Gasteiger partial charge in [0.15, 0.2) is 0 Å². The van der Waals surface area contributed by atoms with Crippen molar-refractivity contribution in [1.82, 2.24) is 0 Å². The molecular weight excluding hydrogens is 348 g/mol. The Kier molecular flexibility index (Phi) is 8.99. The number of ketones is 1. The van der Waals surface area contributed by atoms with Gasteiger partial charge in [0.2, 0.25) is 0 Å². The number of rotatable bonds is 10. The molecule has 146 valence electrons. The second-order valence-corrected chi connectivity index (χ2v) is 6.36. The zero-order chi connectivity index (χ0) is 20.3. The van der Waals surface area contributed by atoms with Crippen molar-refractivity contribution in [3.8, 4) is 5.75 Å². The van der Waals surface area contributed by atoms with Gasteiger partial charge in [-0.3, -0.25) is 9.59 Å². The lowest BCUT2D eigenvalue weighted by Crippen LogP contribution is -2.27. The molecule has 0 spiro atoms. The first-order valence-electron chi connectivity index (χ1n) is 8.67. The van der Waals surface area contributed by atoms with Crippen LogP contribution >= 0.6 is 0 Å². The van der Waals surface area contributed by atoms with Crippen molar-refractivity contribution in [3.63, 3.8) is 0 Å². The highest BCUT2D eigenvalue weighted by Gasteiger charge is 2.26. The number of hydrogen-bond donors (Lipinski definition) is 0. The Morgan fingerprint density at radius 2 is 1.63 bits per heavy atom. The predicted molar refractivity (Wildman–Crippen MR) is 102 cm³/mol. The summed E-state index contributed by atoms with van der Waals surface area (Å²) >= 11 is 0. The van der Waals surface area contributed by atoms with Crippen LogP contribution in [0.2, 0.25) is 0 Å². The van der Waals surface area contributed by atoms with E-state index in [-0.39, 0.29) is 19.2 Å². The molecule has 0 N–H and O–H groups in total. The van der Waals surface area contributed by atoms with Gasteiger partial charge in [-0.1, -0.05) is 37.3 Å². The van der Waals surface area contributed by atoms with Gasteiger partial charge in [0.25, 0.3) is 5.78 Å². The van der Waals surface area contributed by atoms with Crippen molar-refractivity contribution in [2.45, 2.75) is 27.2 Å². The van der Waals surface area contributed by atoms with Gasteiger partial charge in [-0.15, -0.1) is 0 Å². The minimum atomic E-state index is -0.991. The molecule has 1 aromatic carbocycles. The number of carbonyl (C=O) groups is 3. The Balaban J connectivity index is 2.34. The fraction of sp³-hybridized carbons (Fsp3) is 0.381. The van der Waals surface area contributed by atoms with E-state index in [0.29, 0.717) is 6.42 Å². The summed E-state index contributed by atoms with van der Waals surface area (Å²) in [5.41, 5.74) is 0.339. The van der Waals surface area contributed by atoms with E-state index in [1.807, 2.05) is 31.2 Å². The Morgan fingerprint density at radius 3 is 2.22 bits per heavy atom. The maximum absolute atomic E-state index is 11.7. The quantitative estimate of drug-likeness (QED) is 0.205. The van der Waals surface area contributed by atoms with Gasteiger partial charge in [-0.05, 0) is 44.0 Å². The van der Waals surface area contributed by atoms with E-state index < -0.39 is 17.2 Å². The molecule has 0 fully saturated rings. The largest absolute Gasteiger partial charge is 0.497 e. The van der Waals surface area contributed by atoms with Crippen LogP contribution in [0.1, 0.15) is 32.8 Å². The second-order valence-electron chi connectivity index (χ2n) is 6.36. The summed E-state index contributed by atoms with van der Waals surface area (Å²) < 4.78 is 14.9. The predicted octanol–water partition coefficient (Wildman–Crippen LogP) is 3.36. The number of benzene rings is 1. The molecule has 0 bridgehead atoms. The van der Waals surface area contributed by atoms with E-state index in [4.69, 9.17) is 14.2 Å². The lowest BCUT2D eigenvalue weighted by atomic mass is 9.91. The second kappa shape index (κ2) is 11.0. The zero-order valence-corrected chi connectivity index (χ0v) is 16.2. The van der Waals surface area contributed by atoms with Crippen molar-refractivity contribution >= 4 is 23.8 Å². The highest BCUT2D eigenvalue weighted by atomic mass is 16.6. The van der Waals surface area contributed by atoms with Crippen LogP contribution in [-0.4, -0.2) is 38.0 Å². The highest BCUT2D eigenvalue weighted by Crippen LogP contribution is 2.21. The van der Waals surface area contributed by atoms with Gasteiger partial charge in [-0.25, -0.2) is 4.79 Å². The SMILES string of the molecule is CCC(C)(C)C(=O)OCCOC(=O)C(=O)/C=C/C=C/c1ccc(OC)cc1. The summed E-state index contributed by atoms with van der Waals surface area (Å²) in [6.45, 7) is 5.19. The van der Waals surface area contributed by atoms with Crippen LogP contribution in [0.3, 0.4) is 0 Å². The monoisotopic (exact) mass is 374 g/mol. The molecule has 0 saturated heterocycles. The average molecular weight is 374 g/mol. The van der Waals surface area contributed by atoms with E-state index in [1.54, 1.807) is 33.1 Å². The minimum absolute atomic E-state index is 0.0810. The molecule has 6 nitrogen and oxygen atoms in total. The van der Waals surface area contributed by atoms with Crippen LogP contribution in [0, 0.1) is 5.41 Å². The third-order valence-electron chi connectivity index (χ3n) is 3.95. The molecule has 0 aliphatic rings. The van der Waals surface area contributed by atoms with Crippen molar-refractivity contribution in [1.29, 1.82) is 0 Å². The fourth-order valence-corrected chi connectivity index (χ4v) is 1.77. The van der Waals surface area contributed by atoms with Crippen LogP contribution in [0.4, 0.5) is 0 Å². The van der Waals surface area contributed by atoms with Crippen LogP contribution < -0.4 is 4.74 Å². The first kappa shape index (κ1) is 22.2. The summed E-state index contributed by atoms with van der Waals surface area (Å²) in [6, 6.07) is 7.36. The number of allylic oxidation sites excluding steroid dienone is 2. The van der Waals surface area contributed by atoms with Crippen LogP contribution in [0.25, 0.3) is 6.08 Å². The highest BCUT2D eigenvalue weighted by molar-refractivity contribution is 6.38. The minimum Gasteiger partial charge on any atom is -0.497 e. The van der Waals surface area contributed by atoms with Gasteiger partial charge < -0.3 is 14.2 Å². The normalized spacial score (nSPS) is 11.6. The molecule has 1 rings (SSSR count). The molecule has 0 unspecified atom stereocenters. The van der Waals surface area contributed by atoms with Gasteiger partial charge in [0.1, 0.15) is 19.0 Å². The summed E-state index contributed by atoms with van der Waals surface area (Å²) in [5, 5.41) is 0. The van der Waals surface area contributed by atoms with E-state index >= 15 is 0 Å². The number of carbonyl (C=O) groups excluding carboxylic acids is 3. The molecular formula is C21H26O6.